The number of benzene rings is 3. The minimum Gasteiger partial charge on any atom is -0.464 e. The summed E-state index contributed by atoms with van der Waals surface area (Å²) in [5.74, 6) is 0.780. The molecule has 0 saturated heterocycles. The first kappa shape index (κ1) is 18.0. The second kappa shape index (κ2) is 6.84. The van der Waals surface area contributed by atoms with Crippen LogP contribution in [-0.4, -0.2) is 10.7 Å². The van der Waals surface area contributed by atoms with E-state index in [-0.39, 0.29) is 11.5 Å². The number of aryl methyl sites for hydroxylation is 1. The number of hydrazone groups is 1. The van der Waals surface area contributed by atoms with Crippen LogP contribution in [0.3, 0.4) is 0 Å². The summed E-state index contributed by atoms with van der Waals surface area (Å²) in [6, 6.07) is 23.7. The Bertz CT molecular complexity index is 1390. The van der Waals surface area contributed by atoms with Crippen molar-refractivity contribution < 1.29 is 9.15 Å². The third-order valence-corrected chi connectivity index (χ3v) is 6.03. The van der Waals surface area contributed by atoms with Crippen molar-refractivity contribution in [1.82, 2.24) is 5.01 Å². The molecule has 0 unspecified atom stereocenters. The number of hydrogen-bond acceptors (Lipinski definition) is 5. The fourth-order valence-electron chi connectivity index (χ4n) is 4.47. The lowest BCUT2D eigenvalue weighted by Crippen LogP contribution is -2.36. The van der Waals surface area contributed by atoms with Gasteiger partial charge in [0.2, 0.25) is 11.7 Å². The van der Waals surface area contributed by atoms with E-state index < -0.39 is 6.23 Å². The summed E-state index contributed by atoms with van der Waals surface area (Å²) in [6.45, 7) is 1.96. The van der Waals surface area contributed by atoms with Crippen LogP contribution in [0, 0.1) is 6.92 Å². The summed E-state index contributed by atoms with van der Waals surface area (Å²) in [5.41, 5.74) is 5.09. The number of fused-ring (bicyclic) bond motifs is 4. The number of hydrogen-bond donors (Lipinski definition) is 0. The highest BCUT2D eigenvalue weighted by atomic mass is 16.5. The molecule has 0 bridgehead atoms. The second-order valence-electron chi connectivity index (χ2n) is 8.04. The van der Waals surface area contributed by atoms with Gasteiger partial charge in [-0.05, 0) is 30.7 Å². The minimum atomic E-state index is -0.651. The molecular weight excluding hydrogens is 388 g/mol. The van der Waals surface area contributed by atoms with Gasteiger partial charge in [-0.25, -0.2) is 5.01 Å². The predicted molar refractivity (Wildman–Crippen MR) is 119 cm³/mol. The second-order valence-corrected chi connectivity index (χ2v) is 8.04. The Labute approximate surface area is 179 Å². The summed E-state index contributed by atoms with van der Waals surface area (Å²) in [6.07, 6.45) is 1.62. The van der Waals surface area contributed by atoms with E-state index in [0.29, 0.717) is 16.5 Å². The Kier molecular flexibility index (Phi) is 3.96. The Morgan fingerprint density at radius 1 is 0.968 bits per heavy atom. The van der Waals surface area contributed by atoms with Crippen molar-refractivity contribution in [1.29, 1.82) is 0 Å². The molecule has 1 aromatic heterocycles. The molecule has 0 spiro atoms. The molecule has 3 heterocycles. The average Bonchev–Trinajstić information content (AvgIpc) is 3.26. The predicted octanol–water partition coefficient (Wildman–Crippen LogP) is 5.34. The maximum Gasteiger partial charge on any atom is 0.220 e. The van der Waals surface area contributed by atoms with E-state index >= 15 is 0 Å². The Balaban J connectivity index is 1.52. The lowest BCUT2D eigenvalue weighted by Gasteiger charge is -2.37. The summed E-state index contributed by atoms with van der Waals surface area (Å²) in [7, 11) is 0. The van der Waals surface area contributed by atoms with Gasteiger partial charge in [0.25, 0.3) is 0 Å². The van der Waals surface area contributed by atoms with Crippen LogP contribution in [0.1, 0.15) is 40.9 Å². The summed E-state index contributed by atoms with van der Waals surface area (Å²) in [5, 5.41) is 7.39. The molecule has 152 valence electrons. The van der Waals surface area contributed by atoms with Gasteiger partial charge >= 0.3 is 0 Å². The van der Waals surface area contributed by atoms with Crippen LogP contribution < -0.4 is 10.2 Å². The fourth-order valence-corrected chi connectivity index (χ4v) is 4.47. The van der Waals surface area contributed by atoms with Crippen LogP contribution in [0.15, 0.2) is 93.4 Å². The highest BCUT2D eigenvalue weighted by Crippen LogP contribution is 2.47. The molecule has 0 aliphatic carbocycles. The Morgan fingerprint density at radius 3 is 2.65 bits per heavy atom. The number of rotatable bonds is 2. The molecule has 0 N–H and O–H groups in total. The first-order valence-electron chi connectivity index (χ1n) is 10.4. The van der Waals surface area contributed by atoms with Crippen LogP contribution >= 0.6 is 0 Å². The first-order chi connectivity index (χ1) is 15.2. The van der Waals surface area contributed by atoms with Gasteiger partial charge < -0.3 is 9.15 Å². The normalized spacial score (nSPS) is 19.5. The largest absolute Gasteiger partial charge is 0.464 e. The molecule has 5 nitrogen and oxygen atoms in total. The van der Waals surface area contributed by atoms with E-state index in [1.807, 2.05) is 66.5 Å². The number of nitrogens with zero attached hydrogens (tertiary/aromatic N) is 2. The van der Waals surface area contributed by atoms with Crippen LogP contribution in [0.25, 0.3) is 11.0 Å². The molecule has 2 aliphatic heterocycles. The molecule has 0 amide bonds. The topological polar surface area (TPSA) is 55.0 Å². The van der Waals surface area contributed by atoms with Crippen molar-refractivity contribution >= 4 is 16.7 Å². The maximum atomic E-state index is 13.4. The van der Waals surface area contributed by atoms with Crippen LogP contribution in [0.4, 0.5) is 0 Å². The van der Waals surface area contributed by atoms with Gasteiger partial charge in [-0.2, -0.15) is 5.10 Å². The standard InChI is InChI=1S/C26H20N2O3/c1-16-11-12-23-19(13-16)25(29)20(15-30-23)26-28-22(18-9-5-6-10-24(18)31-26)14-21(27-28)17-7-3-2-4-8-17/h2-13,15,22,26H,14H2,1H3/t22-,26+/m0/s1. The third kappa shape index (κ3) is 2.85. The van der Waals surface area contributed by atoms with Crippen molar-refractivity contribution in [2.75, 3.05) is 0 Å². The molecule has 5 heteroatoms. The molecule has 2 atom stereocenters. The van der Waals surface area contributed by atoms with Gasteiger partial charge in [0.1, 0.15) is 17.6 Å². The van der Waals surface area contributed by atoms with Crippen LogP contribution in [-0.2, 0) is 0 Å². The zero-order valence-corrected chi connectivity index (χ0v) is 17.0. The van der Waals surface area contributed by atoms with Gasteiger partial charge in [-0.1, -0.05) is 60.2 Å². The molecule has 31 heavy (non-hydrogen) atoms. The van der Waals surface area contributed by atoms with Gasteiger partial charge in [-0.3, -0.25) is 4.79 Å². The molecule has 3 aromatic carbocycles. The van der Waals surface area contributed by atoms with Gasteiger partial charge in [0.05, 0.1) is 22.7 Å². The molecule has 0 fully saturated rings. The van der Waals surface area contributed by atoms with E-state index in [0.717, 1.165) is 34.6 Å². The highest BCUT2D eigenvalue weighted by molar-refractivity contribution is 6.01. The first-order valence-corrected chi connectivity index (χ1v) is 10.4. The Morgan fingerprint density at radius 2 is 1.77 bits per heavy atom. The molecule has 0 saturated carbocycles. The van der Waals surface area contributed by atoms with Crippen molar-refractivity contribution in [2.45, 2.75) is 25.6 Å². The summed E-state index contributed by atoms with van der Waals surface area (Å²) < 4.78 is 12.2. The van der Waals surface area contributed by atoms with Crippen molar-refractivity contribution in [3.63, 3.8) is 0 Å². The van der Waals surface area contributed by atoms with Crippen LogP contribution in [0.2, 0.25) is 0 Å². The molecule has 4 aromatic rings. The minimum absolute atomic E-state index is 0.00207. The van der Waals surface area contributed by atoms with E-state index in [9.17, 15) is 4.79 Å². The monoisotopic (exact) mass is 408 g/mol. The van der Waals surface area contributed by atoms with Crippen molar-refractivity contribution in [3.05, 3.63) is 112 Å². The van der Waals surface area contributed by atoms with Gasteiger partial charge in [0.15, 0.2) is 0 Å². The van der Waals surface area contributed by atoms with Crippen LogP contribution in [0.5, 0.6) is 5.75 Å². The fraction of sp³-hybridized carbons (Fsp3) is 0.154. The lowest BCUT2D eigenvalue weighted by molar-refractivity contribution is -0.0205. The summed E-state index contributed by atoms with van der Waals surface area (Å²) in [4.78, 5) is 13.4. The van der Waals surface area contributed by atoms with E-state index in [2.05, 4.69) is 18.2 Å². The quantitative estimate of drug-likeness (QED) is 0.449. The molecule has 0 radical (unpaired) electrons. The molecular formula is C26H20N2O3. The van der Waals surface area contributed by atoms with E-state index in [1.165, 1.54) is 6.26 Å². The maximum absolute atomic E-state index is 13.4. The smallest absolute Gasteiger partial charge is 0.220 e. The van der Waals surface area contributed by atoms with E-state index in [4.69, 9.17) is 14.3 Å². The SMILES string of the molecule is Cc1ccc2occ([C@H]3Oc4ccccc4[C@@H]4CC(c5ccccc5)=NN34)c(=O)c2c1. The average molecular weight is 408 g/mol. The van der Waals surface area contributed by atoms with Crippen molar-refractivity contribution in [2.24, 2.45) is 5.10 Å². The molecule has 6 rings (SSSR count). The molecule has 2 aliphatic rings. The zero-order valence-electron chi connectivity index (χ0n) is 17.0. The van der Waals surface area contributed by atoms with Crippen molar-refractivity contribution in [3.8, 4) is 5.75 Å². The Hall–Kier alpha value is -3.86. The highest BCUT2D eigenvalue weighted by Gasteiger charge is 2.42. The summed E-state index contributed by atoms with van der Waals surface area (Å²) >= 11 is 0. The zero-order chi connectivity index (χ0) is 20.9. The van der Waals surface area contributed by atoms with Gasteiger partial charge in [-0.15, -0.1) is 0 Å². The third-order valence-electron chi connectivity index (χ3n) is 6.03. The lowest BCUT2D eigenvalue weighted by atomic mass is 9.96. The number of ether oxygens (including phenoxy) is 1. The van der Waals surface area contributed by atoms with E-state index in [1.54, 1.807) is 0 Å². The number of para-hydroxylation sites is 1. The van der Waals surface area contributed by atoms with Gasteiger partial charge in [0, 0.05) is 12.0 Å².